The van der Waals surface area contributed by atoms with E-state index in [0.717, 1.165) is 13.0 Å². The Kier molecular flexibility index (Phi) is 4.98. The van der Waals surface area contributed by atoms with Gasteiger partial charge in [-0.3, -0.25) is 9.36 Å². The van der Waals surface area contributed by atoms with Gasteiger partial charge in [0, 0.05) is 25.3 Å². The van der Waals surface area contributed by atoms with Crippen LogP contribution < -0.4 is 10.9 Å². The quantitative estimate of drug-likeness (QED) is 0.882. The van der Waals surface area contributed by atoms with Crippen LogP contribution in [0.5, 0.6) is 0 Å². The van der Waals surface area contributed by atoms with Crippen LogP contribution in [0.3, 0.4) is 0 Å². The molecule has 1 heterocycles. The van der Waals surface area contributed by atoms with E-state index in [1.54, 1.807) is 10.9 Å². The van der Waals surface area contributed by atoms with E-state index in [0.29, 0.717) is 17.1 Å². The van der Waals surface area contributed by atoms with Gasteiger partial charge in [-0.15, -0.1) is 0 Å². The molecule has 0 radical (unpaired) electrons. The van der Waals surface area contributed by atoms with Crippen LogP contribution in [0.4, 0.5) is 0 Å². The summed E-state index contributed by atoms with van der Waals surface area (Å²) in [6.45, 7) is 5.69. The van der Waals surface area contributed by atoms with Crippen molar-refractivity contribution >= 4 is 15.9 Å². The summed E-state index contributed by atoms with van der Waals surface area (Å²) in [5, 5.41) is 3.32. The van der Waals surface area contributed by atoms with Gasteiger partial charge in [0.2, 0.25) is 0 Å². The predicted octanol–water partition coefficient (Wildman–Crippen LogP) is 1.39. The number of nitrogens with one attached hydrogen (secondary N) is 1. The molecule has 0 bridgehead atoms. The zero-order valence-electron chi connectivity index (χ0n) is 9.03. The van der Waals surface area contributed by atoms with E-state index in [1.807, 2.05) is 0 Å². The Hall–Kier alpha value is -0.680. The first kappa shape index (κ1) is 12.4. The molecule has 1 unspecified atom stereocenters. The molecular weight excluding hydrogens is 258 g/mol. The molecule has 0 amide bonds. The summed E-state index contributed by atoms with van der Waals surface area (Å²) in [5.74, 6) is 0. The topological polar surface area (TPSA) is 46.9 Å². The van der Waals surface area contributed by atoms with Crippen LogP contribution in [0.15, 0.2) is 21.8 Å². The normalized spacial score (nSPS) is 12.7. The van der Waals surface area contributed by atoms with Crippen molar-refractivity contribution in [1.82, 2.24) is 14.9 Å². The van der Waals surface area contributed by atoms with Crippen molar-refractivity contribution < 1.29 is 0 Å². The van der Waals surface area contributed by atoms with Gasteiger partial charge in [0.05, 0.1) is 6.33 Å². The number of hydrogen-bond donors (Lipinski definition) is 1. The molecule has 5 heteroatoms. The molecule has 4 nitrogen and oxygen atoms in total. The van der Waals surface area contributed by atoms with E-state index in [2.05, 4.69) is 40.1 Å². The van der Waals surface area contributed by atoms with Crippen LogP contribution in [0.25, 0.3) is 0 Å². The highest BCUT2D eigenvalue weighted by Crippen LogP contribution is 1.97. The minimum Gasteiger partial charge on any atom is -0.312 e. The second-order valence-corrected chi connectivity index (χ2v) is 4.36. The summed E-state index contributed by atoms with van der Waals surface area (Å²) in [6, 6.07) is 0.487. The molecule has 0 saturated heterocycles. The van der Waals surface area contributed by atoms with E-state index in [1.165, 1.54) is 6.20 Å². The van der Waals surface area contributed by atoms with Gasteiger partial charge >= 0.3 is 0 Å². The number of nitrogens with zero attached hydrogens (tertiary/aromatic N) is 2. The Labute approximate surface area is 97.8 Å². The van der Waals surface area contributed by atoms with Crippen LogP contribution in [0, 0.1) is 0 Å². The van der Waals surface area contributed by atoms with E-state index >= 15 is 0 Å². The lowest BCUT2D eigenvalue weighted by molar-refractivity contribution is 0.497. The van der Waals surface area contributed by atoms with Crippen molar-refractivity contribution in [2.75, 3.05) is 6.54 Å². The maximum absolute atomic E-state index is 11.6. The smallest absolute Gasteiger partial charge is 0.267 e. The lowest BCUT2D eigenvalue weighted by atomic mass is 10.2. The molecule has 0 spiro atoms. The summed E-state index contributed by atoms with van der Waals surface area (Å²) < 4.78 is 2.10. The lowest BCUT2D eigenvalue weighted by Crippen LogP contribution is -2.32. The van der Waals surface area contributed by atoms with Crippen molar-refractivity contribution in [2.24, 2.45) is 0 Å². The Morgan fingerprint density at radius 3 is 3.07 bits per heavy atom. The third kappa shape index (κ3) is 3.76. The molecule has 0 aliphatic carbocycles. The first-order chi connectivity index (χ1) is 7.15. The predicted molar refractivity (Wildman–Crippen MR) is 64.0 cm³/mol. The zero-order chi connectivity index (χ0) is 11.3. The number of halogens is 1. The van der Waals surface area contributed by atoms with Crippen LogP contribution in [0.1, 0.15) is 20.3 Å². The first-order valence-corrected chi connectivity index (χ1v) is 5.87. The number of aromatic nitrogens is 2. The summed E-state index contributed by atoms with van der Waals surface area (Å²) in [6.07, 6.45) is 4.16. The van der Waals surface area contributed by atoms with Crippen LogP contribution in [-0.4, -0.2) is 22.1 Å². The largest absolute Gasteiger partial charge is 0.312 e. The fourth-order valence-electron chi connectivity index (χ4n) is 1.16. The molecule has 1 rings (SSSR count). The van der Waals surface area contributed by atoms with E-state index in [4.69, 9.17) is 0 Å². The minimum absolute atomic E-state index is 0.0315. The highest BCUT2D eigenvalue weighted by Gasteiger charge is 2.01. The van der Waals surface area contributed by atoms with Gasteiger partial charge in [-0.2, -0.15) is 0 Å². The minimum atomic E-state index is -0.0315. The van der Waals surface area contributed by atoms with E-state index < -0.39 is 0 Å². The highest BCUT2D eigenvalue weighted by atomic mass is 79.9. The van der Waals surface area contributed by atoms with Crippen LogP contribution >= 0.6 is 15.9 Å². The lowest BCUT2D eigenvalue weighted by Gasteiger charge is -2.11. The average Bonchev–Trinajstić information content (AvgIpc) is 2.24. The van der Waals surface area contributed by atoms with E-state index in [-0.39, 0.29) is 5.56 Å². The third-order valence-electron chi connectivity index (χ3n) is 2.32. The van der Waals surface area contributed by atoms with Gasteiger partial charge in [0.1, 0.15) is 4.47 Å². The molecule has 0 aliphatic rings. The third-order valence-corrected chi connectivity index (χ3v) is 2.86. The van der Waals surface area contributed by atoms with Crippen molar-refractivity contribution in [2.45, 2.75) is 32.9 Å². The SMILES string of the molecule is CCC(C)NCCn1cncc(Br)c1=O. The second-order valence-electron chi connectivity index (χ2n) is 3.50. The van der Waals surface area contributed by atoms with Crippen LogP contribution in [-0.2, 0) is 6.54 Å². The van der Waals surface area contributed by atoms with Gasteiger partial charge in [-0.1, -0.05) is 6.92 Å². The highest BCUT2D eigenvalue weighted by molar-refractivity contribution is 9.10. The monoisotopic (exact) mass is 273 g/mol. The summed E-state index contributed by atoms with van der Waals surface area (Å²) in [5.41, 5.74) is -0.0315. The molecule has 1 aromatic heterocycles. The Morgan fingerprint density at radius 1 is 1.67 bits per heavy atom. The molecule has 0 aromatic carbocycles. The molecular formula is C10H16BrN3O. The fraction of sp³-hybridized carbons (Fsp3) is 0.600. The number of hydrogen-bond acceptors (Lipinski definition) is 3. The zero-order valence-corrected chi connectivity index (χ0v) is 10.6. The van der Waals surface area contributed by atoms with Gasteiger partial charge < -0.3 is 5.32 Å². The van der Waals surface area contributed by atoms with E-state index in [9.17, 15) is 4.79 Å². The summed E-state index contributed by atoms with van der Waals surface area (Å²) >= 11 is 3.16. The fourth-order valence-corrected chi connectivity index (χ4v) is 1.51. The van der Waals surface area contributed by atoms with Crippen molar-refractivity contribution in [3.63, 3.8) is 0 Å². The first-order valence-electron chi connectivity index (χ1n) is 5.08. The maximum Gasteiger partial charge on any atom is 0.267 e. The summed E-state index contributed by atoms with van der Waals surface area (Å²) in [4.78, 5) is 15.5. The molecule has 1 aromatic rings. The standard InChI is InChI=1S/C10H16BrN3O/c1-3-8(2)13-4-5-14-7-12-6-9(11)10(14)15/h6-8,13H,3-5H2,1-2H3. The average molecular weight is 274 g/mol. The van der Waals surface area contributed by atoms with Gasteiger partial charge in [0.15, 0.2) is 0 Å². The van der Waals surface area contributed by atoms with Gasteiger partial charge in [-0.25, -0.2) is 4.98 Å². The Morgan fingerprint density at radius 2 is 2.40 bits per heavy atom. The Balaban J connectivity index is 2.51. The number of rotatable bonds is 5. The van der Waals surface area contributed by atoms with Crippen molar-refractivity contribution in [3.8, 4) is 0 Å². The van der Waals surface area contributed by atoms with Crippen molar-refractivity contribution in [1.29, 1.82) is 0 Å². The molecule has 0 saturated carbocycles. The molecule has 1 N–H and O–H groups in total. The van der Waals surface area contributed by atoms with Gasteiger partial charge in [-0.05, 0) is 29.3 Å². The van der Waals surface area contributed by atoms with Gasteiger partial charge in [0.25, 0.3) is 5.56 Å². The molecule has 15 heavy (non-hydrogen) atoms. The molecule has 1 atom stereocenters. The molecule has 0 fully saturated rings. The molecule has 84 valence electrons. The van der Waals surface area contributed by atoms with Crippen molar-refractivity contribution in [3.05, 3.63) is 27.4 Å². The Bertz CT molecular complexity index is 364. The maximum atomic E-state index is 11.6. The summed E-state index contributed by atoms with van der Waals surface area (Å²) in [7, 11) is 0. The molecule has 0 aliphatic heterocycles. The second kappa shape index (κ2) is 6.02. The van der Waals surface area contributed by atoms with Crippen LogP contribution in [0.2, 0.25) is 0 Å².